The van der Waals surface area contributed by atoms with Crippen molar-refractivity contribution in [2.75, 3.05) is 6.61 Å². The van der Waals surface area contributed by atoms with Crippen LogP contribution in [0.2, 0.25) is 0 Å². The highest BCUT2D eigenvalue weighted by atomic mass is 16.6. The molecule has 1 aliphatic rings. The third-order valence-corrected chi connectivity index (χ3v) is 4.64. The largest absolute Gasteiger partial charge is 0.482 e. The minimum absolute atomic E-state index is 0.0433. The van der Waals surface area contributed by atoms with E-state index in [2.05, 4.69) is 0 Å². The molecular formula is C24H17NO7. The van der Waals surface area contributed by atoms with E-state index in [4.69, 9.17) is 14.2 Å². The summed E-state index contributed by atoms with van der Waals surface area (Å²) in [6, 6.07) is 19.7. The predicted octanol–water partition coefficient (Wildman–Crippen LogP) is 4.33. The summed E-state index contributed by atoms with van der Waals surface area (Å²) in [7, 11) is 0. The molecule has 0 saturated heterocycles. The van der Waals surface area contributed by atoms with Crippen LogP contribution in [0.25, 0.3) is 6.08 Å². The third-order valence-electron chi connectivity index (χ3n) is 4.64. The molecule has 1 heterocycles. The number of allylic oxidation sites excluding steroid dienone is 1. The summed E-state index contributed by atoms with van der Waals surface area (Å²) in [6.07, 6.45) is 1.51. The lowest BCUT2D eigenvalue weighted by Crippen LogP contribution is -2.14. The Kier molecular flexibility index (Phi) is 5.94. The van der Waals surface area contributed by atoms with Crippen molar-refractivity contribution in [1.29, 1.82) is 0 Å². The summed E-state index contributed by atoms with van der Waals surface area (Å²) in [5, 5.41) is 10.8. The lowest BCUT2D eigenvalue weighted by atomic mass is 10.1. The van der Waals surface area contributed by atoms with Crippen molar-refractivity contribution in [2.45, 2.75) is 6.61 Å². The predicted molar refractivity (Wildman–Crippen MR) is 114 cm³/mol. The van der Waals surface area contributed by atoms with E-state index >= 15 is 0 Å². The van der Waals surface area contributed by atoms with Crippen molar-refractivity contribution >= 4 is 23.5 Å². The Bertz CT molecular complexity index is 1200. The van der Waals surface area contributed by atoms with Gasteiger partial charge in [-0.2, -0.15) is 0 Å². The van der Waals surface area contributed by atoms with E-state index in [0.29, 0.717) is 22.6 Å². The molecule has 160 valence electrons. The average molecular weight is 431 g/mol. The van der Waals surface area contributed by atoms with Gasteiger partial charge < -0.3 is 14.2 Å². The van der Waals surface area contributed by atoms with Gasteiger partial charge in [-0.1, -0.05) is 30.3 Å². The Morgan fingerprint density at radius 3 is 2.50 bits per heavy atom. The zero-order chi connectivity index (χ0) is 22.5. The number of hydrogen-bond acceptors (Lipinski definition) is 7. The molecule has 3 aromatic carbocycles. The summed E-state index contributed by atoms with van der Waals surface area (Å²) in [4.78, 5) is 34.7. The molecule has 0 unspecified atom stereocenters. The molecule has 0 spiro atoms. The molecule has 8 heteroatoms. The number of carbonyl (C=O) groups is 2. The zero-order valence-electron chi connectivity index (χ0n) is 16.7. The molecule has 1 aliphatic heterocycles. The minimum Gasteiger partial charge on any atom is -0.482 e. The van der Waals surface area contributed by atoms with Crippen LogP contribution in [0.4, 0.5) is 5.69 Å². The van der Waals surface area contributed by atoms with Crippen LogP contribution in [0.1, 0.15) is 21.5 Å². The molecule has 0 aliphatic carbocycles. The lowest BCUT2D eigenvalue weighted by Gasteiger charge is -2.08. The van der Waals surface area contributed by atoms with Crippen LogP contribution in [-0.4, -0.2) is 23.3 Å². The highest BCUT2D eigenvalue weighted by Gasteiger charge is 2.28. The normalized spacial score (nSPS) is 13.4. The van der Waals surface area contributed by atoms with E-state index in [0.717, 1.165) is 5.56 Å². The fraction of sp³-hybridized carbons (Fsp3) is 0.0833. The van der Waals surface area contributed by atoms with Crippen LogP contribution in [-0.2, 0) is 16.1 Å². The van der Waals surface area contributed by atoms with E-state index in [1.165, 1.54) is 36.4 Å². The number of nitro benzene ring substituents is 1. The zero-order valence-corrected chi connectivity index (χ0v) is 16.7. The van der Waals surface area contributed by atoms with Gasteiger partial charge in [0.25, 0.3) is 5.69 Å². The average Bonchev–Trinajstić information content (AvgIpc) is 3.11. The number of Topliss-reactive ketones (excluding diaryl/α,β-unsaturated/α-hetero) is 1. The number of esters is 1. The first-order chi connectivity index (χ1) is 15.5. The van der Waals surface area contributed by atoms with Crippen LogP contribution in [0.5, 0.6) is 11.5 Å². The maximum atomic E-state index is 12.6. The molecule has 0 atom stereocenters. The molecule has 3 aromatic rings. The van der Waals surface area contributed by atoms with Gasteiger partial charge in [-0.3, -0.25) is 14.9 Å². The number of hydrogen-bond donors (Lipinski definition) is 0. The molecule has 0 aromatic heterocycles. The van der Waals surface area contributed by atoms with E-state index in [1.54, 1.807) is 12.1 Å². The van der Waals surface area contributed by atoms with Crippen molar-refractivity contribution in [1.82, 2.24) is 0 Å². The molecule has 0 radical (unpaired) electrons. The van der Waals surface area contributed by atoms with Crippen LogP contribution in [0.3, 0.4) is 0 Å². The van der Waals surface area contributed by atoms with Gasteiger partial charge in [-0.05, 0) is 41.5 Å². The number of nitro groups is 1. The van der Waals surface area contributed by atoms with Crippen molar-refractivity contribution in [3.05, 3.63) is 105 Å². The van der Waals surface area contributed by atoms with Crippen LogP contribution >= 0.6 is 0 Å². The number of carbonyl (C=O) groups excluding carboxylic acids is 2. The molecule has 0 N–H and O–H groups in total. The Hall–Kier alpha value is -4.46. The SMILES string of the molecule is O=C(COc1ccc2c(c1)OC(=Cc1ccc([N+](=O)[O-])cc1)C2=O)OCc1ccccc1. The molecule has 0 saturated carbocycles. The first kappa shape index (κ1) is 20.8. The molecule has 0 fully saturated rings. The van der Waals surface area contributed by atoms with Crippen molar-refractivity contribution in [2.24, 2.45) is 0 Å². The van der Waals surface area contributed by atoms with Gasteiger partial charge in [0, 0.05) is 18.2 Å². The number of fused-ring (bicyclic) bond motifs is 1. The van der Waals surface area contributed by atoms with E-state index in [1.807, 2.05) is 30.3 Å². The Labute approximate surface area is 182 Å². The standard InChI is InChI=1S/C24H17NO7/c26-23(31-14-17-4-2-1-3-5-17)15-30-19-10-11-20-21(13-19)32-22(24(20)27)12-16-6-8-18(9-7-16)25(28)29/h1-13H,14-15H2. The lowest BCUT2D eigenvalue weighted by molar-refractivity contribution is -0.384. The summed E-state index contributed by atoms with van der Waals surface area (Å²) in [6.45, 7) is -0.132. The molecule has 8 nitrogen and oxygen atoms in total. The number of rotatable bonds is 7. The van der Waals surface area contributed by atoms with Crippen molar-refractivity contribution in [3.8, 4) is 11.5 Å². The number of benzene rings is 3. The number of nitrogens with zero attached hydrogens (tertiary/aromatic N) is 1. The smallest absolute Gasteiger partial charge is 0.344 e. The maximum absolute atomic E-state index is 12.6. The van der Waals surface area contributed by atoms with Crippen LogP contribution in [0, 0.1) is 10.1 Å². The monoisotopic (exact) mass is 431 g/mol. The highest BCUT2D eigenvalue weighted by Crippen LogP contribution is 2.35. The second-order valence-electron chi connectivity index (χ2n) is 6.88. The first-order valence-electron chi connectivity index (χ1n) is 9.65. The summed E-state index contributed by atoms with van der Waals surface area (Å²) in [5.41, 5.74) is 1.78. The van der Waals surface area contributed by atoms with Gasteiger partial charge in [0.05, 0.1) is 10.5 Å². The second kappa shape index (κ2) is 9.13. The van der Waals surface area contributed by atoms with Crippen molar-refractivity contribution in [3.63, 3.8) is 0 Å². The highest BCUT2D eigenvalue weighted by molar-refractivity contribution is 6.14. The van der Waals surface area contributed by atoms with Crippen molar-refractivity contribution < 1.29 is 28.7 Å². The van der Waals surface area contributed by atoms with E-state index < -0.39 is 10.9 Å². The van der Waals surface area contributed by atoms with Gasteiger partial charge >= 0.3 is 5.97 Å². The summed E-state index contributed by atoms with van der Waals surface area (Å²) >= 11 is 0. The van der Waals surface area contributed by atoms with Gasteiger partial charge in [0.15, 0.2) is 12.4 Å². The Balaban J connectivity index is 1.37. The van der Waals surface area contributed by atoms with Gasteiger partial charge in [-0.15, -0.1) is 0 Å². The van der Waals surface area contributed by atoms with Crippen LogP contribution in [0.15, 0.2) is 78.6 Å². The summed E-state index contributed by atoms with van der Waals surface area (Å²) in [5.74, 6) is -0.0892. The fourth-order valence-electron chi connectivity index (χ4n) is 3.02. The van der Waals surface area contributed by atoms with Gasteiger partial charge in [0.2, 0.25) is 5.78 Å². The van der Waals surface area contributed by atoms with Crippen LogP contribution < -0.4 is 9.47 Å². The first-order valence-corrected chi connectivity index (χ1v) is 9.65. The molecule has 4 rings (SSSR count). The quantitative estimate of drug-likeness (QED) is 0.237. The molecular weight excluding hydrogens is 414 g/mol. The Morgan fingerprint density at radius 1 is 1.03 bits per heavy atom. The van der Waals surface area contributed by atoms with Gasteiger partial charge in [-0.25, -0.2) is 4.79 Å². The van der Waals surface area contributed by atoms with E-state index in [-0.39, 0.29) is 30.4 Å². The Morgan fingerprint density at radius 2 is 1.78 bits per heavy atom. The fourth-order valence-corrected chi connectivity index (χ4v) is 3.02. The molecule has 0 bridgehead atoms. The molecule has 32 heavy (non-hydrogen) atoms. The topological polar surface area (TPSA) is 105 Å². The number of ether oxygens (including phenoxy) is 3. The maximum Gasteiger partial charge on any atom is 0.344 e. The van der Waals surface area contributed by atoms with E-state index in [9.17, 15) is 19.7 Å². The molecule has 0 amide bonds. The number of ketones is 1. The number of non-ortho nitro benzene ring substituents is 1. The second-order valence-corrected chi connectivity index (χ2v) is 6.88. The third kappa shape index (κ3) is 4.81. The minimum atomic E-state index is -0.523. The summed E-state index contributed by atoms with van der Waals surface area (Å²) < 4.78 is 16.3. The van der Waals surface area contributed by atoms with Gasteiger partial charge in [0.1, 0.15) is 18.1 Å².